The number of nitrogens with one attached hydrogen (secondary N) is 1. The number of carbonyl (C=O) groups excluding carboxylic acids is 3. The van der Waals surface area contributed by atoms with Gasteiger partial charge in [0.05, 0.1) is 24.3 Å². The minimum Gasteiger partial charge on any atom is -0.466 e. The molecule has 1 aliphatic rings. The Kier molecular flexibility index (Phi) is 8.84. The topological polar surface area (TPSA) is 75.7 Å². The summed E-state index contributed by atoms with van der Waals surface area (Å²) in [4.78, 5) is 39.1. The van der Waals surface area contributed by atoms with Crippen molar-refractivity contribution >= 4 is 23.5 Å². The zero-order valence-electron chi connectivity index (χ0n) is 18.7. The van der Waals surface area contributed by atoms with E-state index in [1.807, 2.05) is 35.2 Å². The van der Waals surface area contributed by atoms with E-state index in [1.165, 1.54) is 5.56 Å². The van der Waals surface area contributed by atoms with Gasteiger partial charge in [-0.1, -0.05) is 49.4 Å². The lowest BCUT2D eigenvalue weighted by atomic mass is 9.98. The summed E-state index contributed by atoms with van der Waals surface area (Å²) in [6.45, 7) is 4.00. The fourth-order valence-electron chi connectivity index (χ4n) is 3.77. The number of hydrogen-bond donors (Lipinski definition) is 1. The molecule has 2 aromatic carbocycles. The lowest BCUT2D eigenvalue weighted by Crippen LogP contribution is -2.38. The van der Waals surface area contributed by atoms with Crippen molar-refractivity contribution in [3.05, 3.63) is 65.7 Å². The summed E-state index contributed by atoms with van der Waals surface area (Å²) in [5.74, 6) is -0.128. The summed E-state index contributed by atoms with van der Waals surface area (Å²) in [5, 5.41) is 2.79. The fourth-order valence-corrected chi connectivity index (χ4v) is 3.77. The number of piperidine rings is 1. The summed E-state index contributed by atoms with van der Waals surface area (Å²) < 4.78 is 5.23. The van der Waals surface area contributed by atoms with Crippen molar-refractivity contribution in [3.63, 3.8) is 0 Å². The number of benzene rings is 2. The molecule has 0 aliphatic carbocycles. The molecule has 0 unspecified atom stereocenters. The summed E-state index contributed by atoms with van der Waals surface area (Å²) in [7, 11) is 0. The minimum atomic E-state index is -0.389. The smallest absolute Gasteiger partial charge is 0.306 e. The number of anilines is 1. The molecule has 170 valence electrons. The summed E-state index contributed by atoms with van der Waals surface area (Å²) in [5.41, 5.74) is 2.17. The van der Waals surface area contributed by atoms with Crippen LogP contribution in [0.3, 0.4) is 0 Å². The molecule has 0 bridgehead atoms. The monoisotopic (exact) mass is 436 g/mol. The number of rotatable bonds is 9. The largest absolute Gasteiger partial charge is 0.466 e. The van der Waals surface area contributed by atoms with Crippen molar-refractivity contribution in [1.82, 2.24) is 4.90 Å². The second-order valence-corrected chi connectivity index (χ2v) is 8.38. The highest BCUT2D eigenvalue weighted by Gasteiger charge is 2.23. The van der Waals surface area contributed by atoms with Crippen LogP contribution in [0.25, 0.3) is 0 Å². The second-order valence-electron chi connectivity index (χ2n) is 8.38. The average Bonchev–Trinajstić information content (AvgIpc) is 2.81. The van der Waals surface area contributed by atoms with E-state index >= 15 is 0 Å². The van der Waals surface area contributed by atoms with E-state index < -0.39 is 0 Å². The Balaban J connectivity index is 1.42. The molecule has 1 saturated heterocycles. The van der Waals surface area contributed by atoms with Gasteiger partial charge < -0.3 is 15.0 Å². The normalized spacial score (nSPS) is 14.1. The van der Waals surface area contributed by atoms with Gasteiger partial charge in [0.15, 0.2) is 0 Å². The first-order valence-electron chi connectivity index (χ1n) is 11.4. The van der Waals surface area contributed by atoms with Gasteiger partial charge in [0.1, 0.15) is 0 Å². The molecule has 2 amide bonds. The van der Waals surface area contributed by atoms with Gasteiger partial charge >= 0.3 is 5.97 Å². The Morgan fingerprint density at radius 3 is 2.41 bits per heavy atom. The Morgan fingerprint density at radius 2 is 1.66 bits per heavy atom. The Bertz CT molecular complexity index is 905. The van der Waals surface area contributed by atoms with E-state index in [-0.39, 0.29) is 30.6 Å². The van der Waals surface area contributed by atoms with Crippen molar-refractivity contribution in [1.29, 1.82) is 0 Å². The third-order valence-electron chi connectivity index (χ3n) is 5.77. The summed E-state index contributed by atoms with van der Waals surface area (Å²) in [6.07, 6.45) is 3.60. The zero-order chi connectivity index (χ0) is 22.8. The van der Waals surface area contributed by atoms with Crippen molar-refractivity contribution in [2.75, 3.05) is 25.0 Å². The maximum atomic E-state index is 12.9. The maximum Gasteiger partial charge on any atom is 0.306 e. The molecular formula is C26H32N2O4. The van der Waals surface area contributed by atoms with Crippen molar-refractivity contribution < 1.29 is 19.1 Å². The number of amides is 2. The van der Waals surface area contributed by atoms with Crippen LogP contribution in [0, 0.1) is 5.92 Å². The molecule has 0 atom stereocenters. The van der Waals surface area contributed by atoms with Gasteiger partial charge in [-0.15, -0.1) is 0 Å². The van der Waals surface area contributed by atoms with Gasteiger partial charge in [-0.3, -0.25) is 14.4 Å². The van der Waals surface area contributed by atoms with Gasteiger partial charge in [0.2, 0.25) is 5.91 Å². The van der Waals surface area contributed by atoms with Crippen LogP contribution in [0.5, 0.6) is 0 Å². The molecule has 0 aromatic heterocycles. The maximum absolute atomic E-state index is 12.9. The first-order chi connectivity index (χ1) is 15.5. The average molecular weight is 437 g/mol. The highest BCUT2D eigenvalue weighted by atomic mass is 16.5. The lowest BCUT2D eigenvalue weighted by molar-refractivity contribution is -0.144. The fraction of sp³-hybridized carbons (Fsp3) is 0.423. The number of nitrogens with zero attached hydrogens (tertiary/aromatic N) is 1. The molecule has 1 N–H and O–H groups in total. The Hall–Kier alpha value is -3.15. The number of para-hydroxylation sites is 1. The zero-order valence-corrected chi connectivity index (χ0v) is 18.7. The number of aryl methyl sites for hydroxylation is 1. The third kappa shape index (κ3) is 7.22. The number of carbonyl (C=O) groups is 3. The molecule has 6 heteroatoms. The molecule has 1 heterocycles. The lowest BCUT2D eigenvalue weighted by Gasteiger charge is -2.30. The van der Waals surface area contributed by atoms with Crippen LogP contribution in [-0.4, -0.2) is 42.4 Å². The number of ether oxygens (including phenoxy) is 1. The van der Waals surface area contributed by atoms with E-state index in [0.717, 1.165) is 38.8 Å². The molecule has 6 nitrogen and oxygen atoms in total. The molecule has 1 fully saturated rings. The molecule has 32 heavy (non-hydrogen) atoms. The highest BCUT2D eigenvalue weighted by Crippen LogP contribution is 2.22. The number of likely N-dealkylation sites (tertiary alicyclic amines) is 1. The second kappa shape index (κ2) is 12.0. The summed E-state index contributed by atoms with van der Waals surface area (Å²) in [6, 6.07) is 17.1. The van der Waals surface area contributed by atoms with E-state index in [9.17, 15) is 14.4 Å². The molecule has 2 aromatic rings. The van der Waals surface area contributed by atoms with Gasteiger partial charge in [-0.05, 0) is 49.3 Å². The first-order valence-corrected chi connectivity index (χ1v) is 11.4. The molecular weight excluding hydrogens is 404 g/mol. The first kappa shape index (κ1) is 23.5. The van der Waals surface area contributed by atoms with E-state index in [0.29, 0.717) is 23.8 Å². The Labute approximate surface area is 189 Å². The van der Waals surface area contributed by atoms with Crippen LogP contribution < -0.4 is 5.32 Å². The van der Waals surface area contributed by atoms with E-state index in [2.05, 4.69) is 12.2 Å². The van der Waals surface area contributed by atoms with E-state index in [4.69, 9.17) is 4.74 Å². The van der Waals surface area contributed by atoms with Gasteiger partial charge in [0, 0.05) is 19.5 Å². The van der Waals surface area contributed by atoms with Crippen LogP contribution in [-0.2, 0) is 20.7 Å². The van der Waals surface area contributed by atoms with Crippen molar-refractivity contribution in [2.45, 2.75) is 45.4 Å². The minimum absolute atomic E-state index is 0.0112. The molecule has 0 saturated carbocycles. The van der Waals surface area contributed by atoms with Gasteiger partial charge in [-0.2, -0.15) is 0 Å². The Morgan fingerprint density at radius 1 is 0.969 bits per heavy atom. The van der Waals surface area contributed by atoms with Crippen LogP contribution in [0.2, 0.25) is 0 Å². The standard InChI is InChI=1S/C26H32N2O4/c1-20-15-17-28(18-16-20)26(31)22-11-5-6-12-23(22)27-24(29)13-14-25(30)32-19-7-10-21-8-3-2-4-9-21/h2-6,8-9,11-12,20H,7,10,13-19H2,1H3,(H,27,29). The third-order valence-corrected chi connectivity index (χ3v) is 5.77. The van der Waals surface area contributed by atoms with Crippen LogP contribution in [0.4, 0.5) is 5.69 Å². The molecule has 0 radical (unpaired) electrons. The highest BCUT2D eigenvalue weighted by molar-refractivity contribution is 6.04. The molecule has 1 aliphatic heterocycles. The number of hydrogen-bond acceptors (Lipinski definition) is 4. The molecule has 0 spiro atoms. The van der Waals surface area contributed by atoms with E-state index in [1.54, 1.807) is 24.3 Å². The number of esters is 1. The molecule has 3 rings (SSSR count). The summed E-state index contributed by atoms with van der Waals surface area (Å²) >= 11 is 0. The van der Waals surface area contributed by atoms with Crippen LogP contribution in [0.15, 0.2) is 54.6 Å². The quantitative estimate of drug-likeness (QED) is 0.465. The van der Waals surface area contributed by atoms with Crippen LogP contribution >= 0.6 is 0 Å². The SMILES string of the molecule is CC1CCN(C(=O)c2ccccc2NC(=O)CCC(=O)OCCCc2ccccc2)CC1. The van der Waals surface area contributed by atoms with Gasteiger partial charge in [-0.25, -0.2) is 0 Å². The van der Waals surface area contributed by atoms with Gasteiger partial charge in [0.25, 0.3) is 5.91 Å². The van der Waals surface area contributed by atoms with Crippen molar-refractivity contribution in [3.8, 4) is 0 Å². The van der Waals surface area contributed by atoms with Crippen molar-refractivity contribution in [2.24, 2.45) is 5.92 Å². The predicted octanol–water partition coefficient (Wildman–Crippen LogP) is 4.45. The predicted molar refractivity (Wildman–Crippen MR) is 124 cm³/mol. The van der Waals surface area contributed by atoms with Crippen LogP contribution in [0.1, 0.15) is 54.9 Å².